The van der Waals surface area contributed by atoms with Gasteiger partial charge in [0.25, 0.3) is 0 Å². The molecule has 1 aromatic carbocycles. The van der Waals surface area contributed by atoms with Crippen LogP contribution in [0.5, 0.6) is 0 Å². The number of hydrogen-bond acceptors (Lipinski definition) is 5. The van der Waals surface area contributed by atoms with E-state index in [1.807, 2.05) is 27.8 Å². The number of piperazine rings is 1. The van der Waals surface area contributed by atoms with E-state index in [-0.39, 0.29) is 67.5 Å². The molecule has 12 heteroatoms. The third-order valence-corrected chi connectivity index (χ3v) is 11.0. The van der Waals surface area contributed by atoms with E-state index in [9.17, 15) is 27.6 Å². The van der Waals surface area contributed by atoms with E-state index in [2.05, 4.69) is 9.80 Å². The summed E-state index contributed by atoms with van der Waals surface area (Å²) in [6.45, 7) is 14.6. The van der Waals surface area contributed by atoms with Crippen molar-refractivity contribution in [2.75, 3.05) is 52.9 Å². The molecule has 0 spiro atoms. The highest BCUT2D eigenvalue weighted by Gasteiger charge is 2.52. The molecule has 1 saturated carbocycles. The molecule has 3 amide bonds. The minimum atomic E-state index is -2.78. The molecular formula is C36H53F4N5O3. The van der Waals surface area contributed by atoms with E-state index < -0.39 is 52.9 Å². The maximum absolute atomic E-state index is 15.3. The monoisotopic (exact) mass is 679 g/mol. The second-order valence-corrected chi connectivity index (χ2v) is 16.5. The molecule has 5 rings (SSSR count). The lowest BCUT2D eigenvalue weighted by atomic mass is 9.86. The number of nitrogens with zero attached hydrogens (tertiary/aromatic N) is 5. The van der Waals surface area contributed by atoms with Crippen molar-refractivity contribution >= 4 is 17.7 Å². The van der Waals surface area contributed by atoms with Crippen LogP contribution >= 0.6 is 0 Å². The number of hydrogen-bond donors (Lipinski definition) is 0. The van der Waals surface area contributed by atoms with Crippen molar-refractivity contribution in [1.82, 2.24) is 24.5 Å². The SMILES string of the molecule is CN1CCN(C(=O)[C@@H]2CC(N(C(=O)C(C)(C)C)C3CCC(F)(F)CC3)CN2C(=O)[C@@H]2CN(C(C)(C)C)C[C@H]2c2ccc(F)cc2F)CC1. The van der Waals surface area contributed by atoms with Crippen molar-refractivity contribution in [3.05, 3.63) is 35.4 Å². The average Bonchev–Trinajstić information content (AvgIpc) is 3.63. The molecule has 3 aliphatic heterocycles. The predicted octanol–water partition coefficient (Wildman–Crippen LogP) is 4.97. The van der Waals surface area contributed by atoms with Crippen molar-refractivity contribution in [1.29, 1.82) is 0 Å². The first-order valence-corrected chi connectivity index (χ1v) is 17.5. The number of amides is 3. The van der Waals surface area contributed by atoms with E-state index >= 15 is 4.39 Å². The largest absolute Gasteiger partial charge is 0.338 e. The van der Waals surface area contributed by atoms with Crippen LogP contribution in [0.1, 0.15) is 85.1 Å². The molecule has 268 valence electrons. The molecular weight excluding hydrogens is 626 g/mol. The van der Waals surface area contributed by atoms with Crippen LogP contribution in [-0.2, 0) is 14.4 Å². The van der Waals surface area contributed by atoms with Crippen LogP contribution in [0.3, 0.4) is 0 Å². The van der Waals surface area contributed by atoms with Crippen molar-refractivity contribution in [2.45, 2.75) is 109 Å². The van der Waals surface area contributed by atoms with Crippen LogP contribution in [-0.4, -0.2) is 125 Å². The zero-order chi connectivity index (χ0) is 35.3. The number of likely N-dealkylation sites (tertiary alicyclic amines) is 2. The number of benzene rings is 1. The molecule has 1 aliphatic carbocycles. The molecule has 4 atom stereocenters. The summed E-state index contributed by atoms with van der Waals surface area (Å²) in [5.74, 6) is -6.17. The highest BCUT2D eigenvalue weighted by Crippen LogP contribution is 2.42. The summed E-state index contributed by atoms with van der Waals surface area (Å²) < 4.78 is 57.8. The number of carbonyl (C=O) groups excluding carboxylic acids is 3. The Balaban J connectivity index is 1.51. The highest BCUT2D eigenvalue weighted by molar-refractivity contribution is 5.91. The second-order valence-electron chi connectivity index (χ2n) is 16.5. The van der Waals surface area contributed by atoms with Crippen molar-refractivity contribution in [3.63, 3.8) is 0 Å². The van der Waals surface area contributed by atoms with Gasteiger partial charge in [-0.15, -0.1) is 0 Å². The molecule has 48 heavy (non-hydrogen) atoms. The minimum absolute atomic E-state index is 0.0856. The molecule has 0 aromatic heterocycles. The zero-order valence-corrected chi connectivity index (χ0v) is 29.6. The minimum Gasteiger partial charge on any atom is -0.338 e. The van der Waals surface area contributed by atoms with E-state index in [0.29, 0.717) is 39.3 Å². The van der Waals surface area contributed by atoms with Crippen LogP contribution in [0.15, 0.2) is 18.2 Å². The Morgan fingerprint density at radius 1 is 0.854 bits per heavy atom. The summed E-state index contributed by atoms with van der Waals surface area (Å²) in [4.78, 5) is 52.6. The average molecular weight is 680 g/mol. The lowest BCUT2D eigenvalue weighted by molar-refractivity contribution is -0.149. The molecule has 4 aliphatic rings. The lowest BCUT2D eigenvalue weighted by Gasteiger charge is -2.43. The van der Waals surface area contributed by atoms with Gasteiger partial charge in [-0.05, 0) is 58.7 Å². The van der Waals surface area contributed by atoms with E-state index in [0.717, 1.165) is 6.07 Å². The summed E-state index contributed by atoms with van der Waals surface area (Å²) in [6, 6.07) is 1.62. The first-order chi connectivity index (χ1) is 22.3. The summed E-state index contributed by atoms with van der Waals surface area (Å²) in [5, 5.41) is 0. The maximum atomic E-state index is 15.3. The van der Waals surface area contributed by atoms with E-state index in [4.69, 9.17) is 0 Å². The normalized spacial score (nSPS) is 27.8. The van der Waals surface area contributed by atoms with Crippen LogP contribution in [0.25, 0.3) is 0 Å². The molecule has 0 bridgehead atoms. The number of halogens is 4. The third kappa shape index (κ3) is 7.69. The smallest absolute Gasteiger partial charge is 0.248 e. The van der Waals surface area contributed by atoms with Crippen LogP contribution < -0.4 is 0 Å². The standard InChI is InChI=1S/C36H53F4N5O3/c1-34(2,3)33(48)45(24-10-12-36(39,40)13-11-24)25-19-30(32(47)42-16-14-41(7)15-17-42)44(20-25)31(46)28-22-43(35(4,5)6)21-27(28)26-9-8-23(37)18-29(26)38/h8-9,18,24-25,27-28,30H,10-17,19-22H2,1-7H3/t25?,27-,28+,30-/m0/s1. The fourth-order valence-corrected chi connectivity index (χ4v) is 7.98. The predicted molar refractivity (Wildman–Crippen MR) is 175 cm³/mol. The number of alkyl halides is 2. The Morgan fingerprint density at radius 2 is 1.48 bits per heavy atom. The Labute approximate surface area is 282 Å². The van der Waals surface area contributed by atoms with Gasteiger partial charge in [0.15, 0.2) is 0 Å². The molecule has 0 radical (unpaired) electrons. The molecule has 1 aromatic rings. The molecule has 8 nitrogen and oxygen atoms in total. The molecule has 4 fully saturated rings. The highest BCUT2D eigenvalue weighted by atomic mass is 19.3. The summed E-state index contributed by atoms with van der Waals surface area (Å²) in [5.41, 5.74) is -0.893. The van der Waals surface area contributed by atoms with Gasteiger partial charge in [0.05, 0.1) is 12.0 Å². The van der Waals surface area contributed by atoms with Gasteiger partial charge in [0.1, 0.15) is 17.7 Å². The number of carbonyl (C=O) groups is 3. The Bertz CT molecular complexity index is 1360. The van der Waals surface area contributed by atoms with Crippen LogP contribution in [0.4, 0.5) is 17.6 Å². The second kappa shape index (κ2) is 13.5. The summed E-state index contributed by atoms with van der Waals surface area (Å²) in [6.07, 6.45) is -0.145. The molecule has 3 heterocycles. The van der Waals surface area contributed by atoms with E-state index in [1.54, 1.807) is 35.5 Å². The van der Waals surface area contributed by atoms with Gasteiger partial charge in [-0.2, -0.15) is 0 Å². The molecule has 3 saturated heterocycles. The Morgan fingerprint density at radius 3 is 2.04 bits per heavy atom. The van der Waals surface area contributed by atoms with Crippen LogP contribution in [0, 0.1) is 23.0 Å². The van der Waals surface area contributed by atoms with Gasteiger partial charge in [-0.25, -0.2) is 17.6 Å². The topological polar surface area (TPSA) is 67.4 Å². The van der Waals surface area contributed by atoms with Crippen LogP contribution in [0.2, 0.25) is 0 Å². The van der Waals surface area contributed by atoms with Gasteiger partial charge in [0.2, 0.25) is 23.6 Å². The Hall–Kier alpha value is -2.73. The van der Waals surface area contributed by atoms with Crippen molar-refractivity contribution in [2.24, 2.45) is 11.3 Å². The molecule has 1 unspecified atom stereocenters. The van der Waals surface area contributed by atoms with Crippen molar-refractivity contribution in [3.8, 4) is 0 Å². The maximum Gasteiger partial charge on any atom is 0.248 e. The number of rotatable bonds is 5. The Kier molecular flexibility index (Phi) is 10.3. The van der Waals surface area contributed by atoms with Gasteiger partial charge in [0, 0.05) is 87.6 Å². The van der Waals surface area contributed by atoms with Gasteiger partial charge >= 0.3 is 0 Å². The molecule has 0 N–H and O–H groups in total. The summed E-state index contributed by atoms with van der Waals surface area (Å²) in [7, 11) is 1.99. The third-order valence-electron chi connectivity index (χ3n) is 11.0. The van der Waals surface area contributed by atoms with Crippen molar-refractivity contribution < 1.29 is 31.9 Å². The lowest BCUT2D eigenvalue weighted by Crippen LogP contribution is -2.54. The zero-order valence-electron chi connectivity index (χ0n) is 29.6. The first kappa shape index (κ1) is 36.5. The number of likely N-dealkylation sites (N-methyl/N-ethyl adjacent to an activating group) is 1. The quantitative estimate of drug-likeness (QED) is 0.412. The summed E-state index contributed by atoms with van der Waals surface area (Å²) >= 11 is 0. The fraction of sp³-hybridized carbons (Fsp3) is 0.750. The fourth-order valence-electron chi connectivity index (χ4n) is 7.98. The first-order valence-electron chi connectivity index (χ1n) is 17.5. The van der Waals surface area contributed by atoms with Gasteiger partial charge in [-0.3, -0.25) is 19.3 Å². The van der Waals surface area contributed by atoms with Gasteiger partial charge < -0.3 is 19.6 Å². The van der Waals surface area contributed by atoms with E-state index in [1.165, 1.54) is 12.1 Å². The van der Waals surface area contributed by atoms with Gasteiger partial charge in [-0.1, -0.05) is 26.8 Å².